The lowest BCUT2D eigenvalue weighted by atomic mass is 9.89. The number of aromatic amines is 1. The number of ketones is 1. The molecule has 0 saturated carbocycles. The Hall–Kier alpha value is -3.58. The highest BCUT2D eigenvalue weighted by molar-refractivity contribution is 6.18. The van der Waals surface area contributed by atoms with E-state index < -0.39 is 0 Å². The summed E-state index contributed by atoms with van der Waals surface area (Å²) in [6.45, 7) is 7.08. The van der Waals surface area contributed by atoms with Gasteiger partial charge in [-0.05, 0) is 55.4 Å². The molecular weight excluding hydrogens is 384 g/mol. The van der Waals surface area contributed by atoms with Crippen molar-refractivity contribution in [2.45, 2.75) is 26.2 Å². The zero-order valence-electron chi connectivity index (χ0n) is 17.8. The third kappa shape index (κ3) is 4.18. The number of rotatable bonds is 5. The minimum absolute atomic E-state index is 0.0212. The van der Waals surface area contributed by atoms with Crippen molar-refractivity contribution >= 4 is 22.6 Å². The monoisotopic (exact) mass is 410 g/mol. The van der Waals surface area contributed by atoms with Gasteiger partial charge in [0.1, 0.15) is 0 Å². The summed E-state index contributed by atoms with van der Waals surface area (Å²) in [7, 11) is 0. The molecule has 0 bridgehead atoms. The highest BCUT2D eigenvalue weighted by Gasteiger charge is 2.26. The molecule has 1 aromatic heterocycles. The largest absolute Gasteiger partial charge is 0.360 e. The Morgan fingerprint density at radius 1 is 1.16 bits per heavy atom. The van der Waals surface area contributed by atoms with Crippen molar-refractivity contribution in [1.82, 2.24) is 9.88 Å². The van der Waals surface area contributed by atoms with Crippen molar-refractivity contribution in [3.05, 3.63) is 83.1 Å². The fourth-order valence-corrected chi connectivity index (χ4v) is 4.38. The molecule has 2 aromatic carbocycles. The van der Waals surface area contributed by atoms with Gasteiger partial charge < -0.3 is 9.88 Å². The van der Waals surface area contributed by atoms with Gasteiger partial charge in [0.15, 0.2) is 0 Å². The van der Waals surface area contributed by atoms with E-state index in [1.54, 1.807) is 6.20 Å². The lowest BCUT2D eigenvalue weighted by molar-refractivity contribution is 0.0690. The maximum atomic E-state index is 13.3. The van der Waals surface area contributed by atoms with Gasteiger partial charge >= 0.3 is 0 Å². The van der Waals surface area contributed by atoms with Gasteiger partial charge in [0.2, 0.25) is 5.78 Å². The molecule has 0 radical (unpaired) electrons. The third-order valence-corrected chi connectivity index (χ3v) is 6.22. The SMILES string of the molecule is C#CC(=C)C(=O)c1c[nH]c2cc(C)c(C(=O)N3CCC(Cc4ccccc4)CC3)cc12. The van der Waals surface area contributed by atoms with Crippen LogP contribution < -0.4 is 0 Å². The maximum absolute atomic E-state index is 13.3. The van der Waals surface area contributed by atoms with E-state index in [0.717, 1.165) is 43.4 Å². The number of amides is 1. The molecule has 4 heteroatoms. The molecule has 1 aliphatic rings. The maximum Gasteiger partial charge on any atom is 0.254 e. The highest BCUT2D eigenvalue weighted by atomic mass is 16.2. The van der Waals surface area contributed by atoms with Crippen LogP contribution in [-0.2, 0) is 6.42 Å². The Balaban J connectivity index is 1.51. The lowest BCUT2D eigenvalue weighted by Crippen LogP contribution is -2.39. The zero-order chi connectivity index (χ0) is 22.0. The average Bonchev–Trinajstić information content (AvgIpc) is 3.20. The quantitative estimate of drug-likeness (QED) is 0.368. The summed E-state index contributed by atoms with van der Waals surface area (Å²) in [6.07, 6.45) is 10.0. The number of H-pyrrole nitrogens is 1. The van der Waals surface area contributed by atoms with E-state index >= 15 is 0 Å². The molecule has 1 N–H and O–H groups in total. The van der Waals surface area contributed by atoms with E-state index in [1.807, 2.05) is 30.0 Å². The van der Waals surface area contributed by atoms with E-state index in [0.29, 0.717) is 22.4 Å². The first-order valence-electron chi connectivity index (χ1n) is 10.6. The van der Waals surface area contributed by atoms with Crippen LogP contribution in [0, 0.1) is 25.2 Å². The molecular formula is C27H26N2O2. The average molecular weight is 411 g/mol. The Morgan fingerprint density at radius 2 is 1.87 bits per heavy atom. The number of carbonyl (C=O) groups excluding carboxylic acids is 2. The fraction of sp³-hybridized carbons (Fsp3) is 0.259. The summed E-state index contributed by atoms with van der Waals surface area (Å²) < 4.78 is 0. The minimum Gasteiger partial charge on any atom is -0.360 e. The first-order valence-corrected chi connectivity index (χ1v) is 10.6. The van der Waals surface area contributed by atoms with Crippen LogP contribution in [0.1, 0.15) is 44.7 Å². The first-order chi connectivity index (χ1) is 15.0. The predicted octanol–water partition coefficient (Wildman–Crippen LogP) is 4.94. The molecule has 2 heterocycles. The Labute approximate surface area is 183 Å². The normalized spacial score (nSPS) is 14.4. The standard InChI is InChI=1S/C27H26N2O2/c1-4-18(2)26(30)24-17-28-25-14-19(3)22(16-23(24)25)27(31)29-12-10-21(11-13-29)15-20-8-6-5-7-9-20/h1,5-9,14,16-17,21,28H,2,10-13,15H2,3H3. The van der Waals surface area contributed by atoms with Gasteiger partial charge in [-0.1, -0.05) is 42.8 Å². The van der Waals surface area contributed by atoms with Gasteiger partial charge in [0.25, 0.3) is 5.91 Å². The number of aryl methyl sites for hydroxylation is 1. The molecule has 0 aliphatic carbocycles. The van der Waals surface area contributed by atoms with Crippen LogP contribution in [0.4, 0.5) is 0 Å². The number of nitrogens with zero attached hydrogens (tertiary/aromatic N) is 1. The Kier molecular flexibility index (Phi) is 5.77. The molecule has 1 saturated heterocycles. The summed E-state index contributed by atoms with van der Waals surface area (Å²) in [5, 5.41) is 0.703. The molecule has 0 unspecified atom stereocenters. The number of carbonyl (C=O) groups is 2. The Morgan fingerprint density at radius 3 is 2.55 bits per heavy atom. The number of fused-ring (bicyclic) bond motifs is 1. The van der Waals surface area contributed by atoms with Crippen LogP contribution in [0.2, 0.25) is 0 Å². The summed E-state index contributed by atoms with van der Waals surface area (Å²) in [4.78, 5) is 30.9. The van der Waals surface area contributed by atoms with Crippen LogP contribution in [0.5, 0.6) is 0 Å². The van der Waals surface area contributed by atoms with Crippen LogP contribution in [0.3, 0.4) is 0 Å². The fourth-order valence-electron chi connectivity index (χ4n) is 4.38. The zero-order valence-corrected chi connectivity index (χ0v) is 17.8. The number of likely N-dealkylation sites (tertiary alicyclic amines) is 1. The van der Waals surface area contributed by atoms with Crippen molar-refractivity contribution < 1.29 is 9.59 Å². The van der Waals surface area contributed by atoms with Gasteiger partial charge in [-0.2, -0.15) is 0 Å². The second-order valence-corrected chi connectivity index (χ2v) is 8.29. The van der Waals surface area contributed by atoms with Crippen molar-refractivity contribution in [2.24, 2.45) is 5.92 Å². The van der Waals surface area contributed by atoms with Crippen LogP contribution in [-0.4, -0.2) is 34.7 Å². The van der Waals surface area contributed by atoms with E-state index in [9.17, 15) is 9.59 Å². The van der Waals surface area contributed by atoms with E-state index in [1.165, 1.54) is 5.56 Å². The molecule has 1 aliphatic heterocycles. The van der Waals surface area contributed by atoms with Crippen molar-refractivity contribution in [3.8, 4) is 12.3 Å². The number of Topliss-reactive ketones (excluding diaryl/α,β-unsaturated/α-hetero) is 1. The third-order valence-electron chi connectivity index (χ3n) is 6.22. The van der Waals surface area contributed by atoms with Gasteiger partial charge in [0.05, 0.1) is 5.57 Å². The molecule has 156 valence electrons. The highest BCUT2D eigenvalue weighted by Crippen LogP contribution is 2.27. The molecule has 1 fully saturated rings. The number of benzene rings is 2. The molecule has 0 spiro atoms. The van der Waals surface area contributed by atoms with Crippen LogP contribution in [0.25, 0.3) is 10.9 Å². The molecule has 0 atom stereocenters. The number of piperidine rings is 1. The van der Waals surface area contributed by atoms with Crippen LogP contribution in [0.15, 0.2) is 60.8 Å². The Bertz CT molecular complexity index is 1190. The van der Waals surface area contributed by atoms with Crippen molar-refractivity contribution in [3.63, 3.8) is 0 Å². The van der Waals surface area contributed by atoms with Crippen LogP contribution >= 0.6 is 0 Å². The summed E-state index contributed by atoms with van der Waals surface area (Å²) in [5.41, 5.74) is 4.24. The molecule has 31 heavy (non-hydrogen) atoms. The summed E-state index contributed by atoms with van der Waals surface area (Å²) in [5.74, 6) is 2.63. The predicted molar refractivity (Wildman–Crippen MR) is 124 cm³/mol. The van der Waals surface area contributed by atoms with E-state index in [4.69, 9.17) is 6.42 Å². The van der Waals surface area contributed by atoms with Gasteiger partial charge in [0, 0.05) is 41.3 Å². The molecule has 3 aromatic rings. The van der Waals surface area contributed by atoms with Crippen molar-refractivity contribution in [1.29, 1.82) is 0 Å². The number of terminal acetylenes is 1. The lowest BCUT2D eigenvalue weighted by Gasteiger charge is -2.32. The minimum atomic E-state index is -0.294. The van der Waals surface area contributed by atoms with Gasteiger partial charge in [-0.15, -0.1) is 6.42 Å². The number of nitrogens with one attached hydrogen (secondary N) is 1. The smallest absolute Gasteiger partial charge is 0.254 e. The first kappa shape index (κ1) is 20.7. The molecule has 4 rings (SSSR count). The van der Waals surface area contributed by atoms with E-state index in [2.05, 4.69) is 41.7 Å². The van der Waals surface area contributed by atoms with E-state index in [-0.39, 0.29) is 17.3 Å². The molecule has 4 nitrogen and oxygen atoms in total. The number of hydrogen-bond donors (Lipinski definition) is 1. The van der Waals surface area contributed by atoms with Gasteiger partial charge in [-0.25, -0.2) is 0 Å². The topological polar surface area (TPSA) is 53.2 Å². The second kappa shape index (κ2) is 8.65. The van der Waals surface area contributed by atoms with Gasteiger partial charge in [-0.3, -0.25) is 9.59 Å². The summed E-state index contributed by atoms with van der Waals surface area (Å²) >= 11 is 0. The van der Waals surface area contributed by atoms with Crippen molar-refractivity contribution in [2.75, 3.05) is 13.1 Å². The summed E-state index contributed by atoms with van der Waals surface area (Å²) in [6, 6.07) is 14.3. The number of hydrogen-bond acceptors (Lipinski definition) is 2. The second-order valence-electron chi connectivity index (χ2n) is 8.29. The number of allylic oxidation sites excluding steroid dienone is 1. The molecule has 1 amide bonds. The number of aromatic nitrogens is 1.